The molecule has 94 valence electrons. The minimum absolute atomic E-state index is 0.141. The maximum Gasteiger partial charge on any atom is 0.237 e. The molecule has 1 rings (SSSR count). The number of benzene rings is 1. The number of nitrogens with zero attached hydrogens (tertiary/aromatic N) is 1. The molecule has 4 nitrogen and oxygen atoms in total. The Kier molecular flexibility index (Phi) is 4.28. The van der Waals surface area contributed by atoms with E-state index in [1.54, 1.807) is 39.2 Å². The fraction of sp³-hybridized carbons (Fsp3) is 0.417. The van der Waals surface area contributed by atoms with Gasteiger partial charge in [-0.3, -0.25) is 9.00 Å². The van der Waals surface area contributed by atoms with Crippen LogP contribution in [0.2, 0.25) is 0 Å². The van der Waals surface area contributed by atoms with Crippen LogP contribution in [0.3, 0.4) is 0 Å². The van der Waals surface area contributed by atoms with Crippen LogP contribution < -0.4 is 5.73 Å². The minimum Gasteiger partial charge on any atom is -0.399 e. The highest BCUT2D eigenvalue weighted by molar-refractivity contribution is 7.86. The summed E-state index contributed by atoms with van der Waals surface area (Å²) in [6, 6.07) is 5.19. The van der Waals surface area contributed by atoms with Gasteiger partial charge < -0.3 is 10.6 Å². The van der Waals surface area contributed by atoms with Crippen molar-refractivity contribution in [2.75, 3.05) is 19.8 Å². The first-order valence-corrected chi connectivity index (χ1v) is 6.53. The summed E-state index contributed by atoms with van der Waals surface area (Å²) in [6.45, 7) is 3.53. The van der Waals surface area contributed by atoms with Gasteiger partial charge in [0.2, 0.25) is 5.91 Å². The number of nitrogens with two attached hydrogens (primary N) is 1. The molecule has 0 aliphatic carbocycles. The third-order valence-electron chi connectivity index (χ3n) is 2.58. The summed E-state index contributed by atoms with van der Waals surface area (Å²) in [4.78, 5) is 13.8. The molecular weight excluding hydrogens is 236 g/mol. The van der Waals surface area contributed by atoms with E-state index < -0.39 is 16.0 Å². The number of carbonyl (C=O) groups is 1. The summed E-state index contributed by atoms with van der Waals surface area (Å²) in [5, 5.41) is -0.548. The van der Waals surface area contributed by atoms with E-state index in [2.05, 4.69) is 0 Å². The van der Waals surface area contributed by atoms with Crippen molar-refractivity contribution >= 4 is 22.4 Å². The van der Waals surface area contributed by atoms with Crippen LogP contribution in [0.1, 0.15) is 12.5 Å². The lowest BCUT2D eigenvalue weighted by Crippen LogP contribution is -2.34. The molecule has 0 heterocycles. The predicted molar refractivity (Wildman–Crippen MR) is 70.2 cm³/mol. The smallest absolute Gasteiger partial charge is 0.237 e. The van der Waals surface area contributed by atoms with Crippen molar-refractivity contribution in [2.45, 2.75) is 24.0 Å². The number of hydrogen-bond donors (Lipinski definition) is 1. The summed E-state index contributed by atoms with van der Waals surface area (Å²) in [7, 11) is 1.97. The molecule has 2 unspecified atom stereocenters. The maximum atomic E-state index is 12.2. The number of amides is 1. The number of aryl methyl sites for hydroxylation is 1. The molecule has 1 amide bonds. The second kappa shape index (κ2) is 5.31. The molecule has 0 aliphatic rings. The van der Waals surface area contributed by atoms with Crippen LogP contribution in [-0.4, -0.2) is 34.4 Å². The summed E-state index contributed by atoms with van der Waals surface area (Å²) in [5.41, 5.74) is 7.24. The second-order valence-corrected chi connectivity index (χ2v) is 5.96. The first-order chi connectivity index (χ1) is 7.84. The third-order valence-corrected chi connectivity index (χ3v) is 4.15. The summed E-state index contributed by atoms with van der Waals surface area (Å²) >= 11 is 0. The second-order valence-electron chi connectivity index (χ2n) is 4.19. The Morgan fingerprint density at radius 2 is 2.00 bits per heavy atom. The van der Waals surface area contributed by atoms with Crippen LogP contribution in [0, 0.1) is 6.92 Å². The highest BCUT2D eigenvalue weighted by atomic mass is 32.2. The number of carbonyl (C=O) groups excluding carboxylic acids is 1. The van der Waals surface area contributed by atoms with E-state index in [4.69, 9.17) is 5.73 Å². The molecule has 0 spiro atoms. The first kappa shape index (κ1) is 13.7. The fourth-order valence-corrected chi connectivity index (χ4v) is 2.73. The van der Waals surface area contributed by atoms with Crippen molar-refractivity contribution in [3.8, 4) is 0 Å². The predicted octanol–water partition coefficient (Wildman–Crippen LogP) is 1.16. The summed E-state index contributed by atoms with van der Waals surface area (Å²) < 4.78 is 12.2. The molecular formula is C12H18N2O2S. The van der Waals surface area contributed by atoms with E-state index in [1.807, 2.05) is 6.92 Å². The Labute approximate surface area is 104 Å². The molecule has 0 saturated heterocycles. The SMILES string of the molecule is Cc1cc(S(=O)C(C)C(=O)N(C)C)ccc1N. The van der Waals surface area contributed by atoms with E-state index in [1.165, 1.54) is 4.90 Å². The number of anilines is 1. The molecule has 17 heavy (non-hydrogen) atoms. The van der Waals surface area contributed by atoms with E-state index in [0.29, 0.717) is 10.6 Å². The van der Waals surface area contributed by atoms with E-state index in [0.717, 1.165) is 5.56 Å². The topological polar surface area (TPSA) is 63.4 Å². The molecule has 0 fully saturated rings. The lowest BCUT2D eigenvalue weighted by Gasteiger charge is -2.16. The fourth-order valence-electron chi connectivity index (χ4n) is 1.43. The van der Waals surface area contributed by atoms with E-state index in [-0.39, 0.29) is 5.91 Å². The van der Waals surface area contributed by atoms with Crippen LogP contribution >= 0.6 is 0 Å². The molecule has 0 aliphatic heterocycles. The lowest BCUT2D eigenvalue weighted by atomic mass is 10.2. The monoisotopic (exact) mass is 254 g/mol. The largest absolute Gasteiger partial charge is 0.399 e. The molecule has 0 bridgehead atoms. The Morgan fingerprint density at radius 1 is 1.41 bits per heavy atom. The average Bonchev–Trinajstić information content (AvgIpc) is 2.29. The van der Waals surface area contributed by atoms with Crippen molar-refractivity contribution in [1.82, 2.24) is 4.90 Å². The standard InChI is InChI=1S/C12H18N2O2S/c1-8-7-10(5-6-11(8)13)17(16)9(2)12(15)14(3)4/h5-7,9H,13H2,1-4H3. The van der Waals surface area contributed by atoms with Gasteiger partial charge in [-0.15, -0.1) is 0 Å². The molecule has 0 radical (unpaired) electrons. The normalized spacial score (nSPS) is 14.1. The Balaban J connectivity index is 2.97. The zero-order chi connectivity index (χ0) is 13.2. The number of hydrogen-bond acceptors (Lipinski definition) is 3. The first-order valence-electron chi connectivity index (χ1n) is 5.32. The lowest BCUT2D eigenvalue weighted by molar-refractivity contribution is -0.127. The molecule has 5 heteroatoms. The van der Waals surface area contributed by atoms with Gasteiger partial charge in [-0.1, -0.05) is 0 Å². The average molecular weight is 254 g/mol. The van der Waals surface area contributed by atoms with Crippen molar-refractivity contribution in [3.05, 3.63) is 23.8 Å². The minimum atomic E-state index is -1.34. The van der Waals surface area contributed by atoms with Crippen molar-refractivity contribution in [2.24, 2.45) is 0 Å². The van der Waals surface area contributed by atoms with Gasteiger partial charge in [0, 0.05) is 24.7 Å². The molecule has 1 aromatic rings. The van der Waals surface area contributed by atoms with Crippen LogP contribution in [0.15, 0.2) is 23.1 Å². The van der Waals surface area contributed by atoms with E-state index in [9.17, 15) is 9.00 Å². The van der Waals surface area contributed by atoms with Crippen LogP contribution in [0.25, 0.3) is 0 Å². The van der Waals surface area contributed by atoms with Crippen molar-refractivity contribution in [3.63, 3.8) is 0 Å². The van der Waals surface area contributed by atoms with Crippen LogP contribution in [0.4, 0.5) is 5.69 Å². The van der Waals surface area contributed by atoms with Crippen LogP contribution in [0.5, 0.6) is 0 Å². The molecule has 2 N–H and O–H groups in total. The van der Waals surface area contributed by atoms with Gasteiger partial charge in [-0.2, -0.15) is 0 Å². The third kappa shape index (κ3) is 3.06. The Bertz CT molecular complexity index is 458. The zero-order valence-electron chi connectivity index (χ0n) is 10.6. The molecule has 1 aromatic carbocycles. The summed E-state index contributed by atoms with van der Waals surface area (Å²) in [5.74, 6) is -0.141. The maximum absolute atomic E-state index is 12.2. The van der Waals surface area contributed by atoms with Gasteiger partial charge in [0.1, 0.15) is 5.25 Å². The zero-order valence-corrected chi connectivity index (χ0v) is 11.4. The van der Waals surface area contributed by atoms with Gasteiger partial charge >= 0.3 is 0 Å². The van der Waals surface area contributed by atoms with Crippen molar-refractivity contribution in [1.29, 1.82) is 0 Å². The van der Waals surface area contributed by atoms with Gasteiger partial charge in [0.25, 0.3) is 0 Å². The molecule has 0 aromatic heterocycles. The Hall–Kier alpha value is -1.36. The highest BCUT2D eigenvalue weighted by Gasteiger charge is 2.22. The molecule has 2 atom stereocenters. The molecule has 0 saturated carbocycles. The van der Waals surface area contributed by atoms with Gasteiger partial charge in [-0.05, 0) is 37.6 Å². The Morgan fingerprint density at radius 3 is 2.47 bits per heavy atom. The van der Waals surface area contributed by atoms with E-state index >= 15 is 0 Å². The number of rotatable bonds is 3. The highest BCUT2D eigenvalue weighted by Crippen LogP contribution is 2.18. The van der Waals surface area contributed by atoms with Gasteiger partial charge in [-0.25, -0.2) is 0 Å². The van der Waals surface area contributed by atoms with Crippen molar-refractivity contribution < 1.29 is 9.00 Å². The van der Waals surface area contributed by atoms with Gasteiger partial charge in [0.15, 0.2) is 0 Å². The number of nitrogen functional groups attached to an aromatic ring is 1. The van der Waals surface area contributed by atoms with Gasteiger partial charge in [0.05, 0.1) is 10.8 Å². The summed E-state index contributed by atoms with van der Waals surface area (Å²) in [6.07, 6.45) is 0. The van der Waals surface area contributed by atoms with Crippen LogP contribution in [-0.2, 0) is 15.6 Å². The quantitative estimate of drug-likeness (QED) is 0.823.